The number of hydrogen-bond donors (Lipinski definition) is 0. The zero-order valence-electron chi connectivity index (χ0n) is 34.2. The fraction of sp³-hybridized carbons (Fsp3) is 0.913. The first kappa shape index (κ1) is 44.5. The fourth-order valence-corrected chi connectivity index (χ4v) is 8.71. The van der Waals surface area contributed by atoms with Crippen molar-refractivity contribution in [1.82, 2.24) is 4.90 Å². The molecule has 49 heavy (non-hydrogen) atoms. The van der Waals surface area contributed by atoms with Crippen molar-refractivity contribution >= 4 is 0 Å². The van der Waals surface area contributed by atoms with Gasteiger partial charge < -0.3 is 14.4 Å². The summed E-state index contributed by atoms with van der Waals surface area (Å²) in [6.45, 7) is 10.7. The lowest BCUT2D eigenvalue weighted by Crippen LogP contribution is -2.35. The minimum atomic E-state index is -0.305. The Bertz CT molecular complexity index is 807. The quantitative estimate of drug-likeness (QED) is 0.0520. The van der Waals surface area contributed by atoms with Crippen LogP contribution in [0.3, 0.4) is 0 Å². The summed E-state index contributed by atoms with van der Waals surface area (Å²) < 4.78 is 13.9. The van der Waals surface area contributed by atoms with Gasteiger partial charge in [-0.3, -0.25) is 0 Å². The average molecular weight is 686 g/mol. The van der Waals surface area contributed by atoms with Gasteiger partial charge in [0.1, 0.15) is 0 Å². The maximum Gasteiger partial charge on any atom is 0.169 e. The smallest absolute Gasteiger partial charge is 0.169 e. The molecule has 1 heterocycles. The maximum atomic E-state index is 6.97. The Hall–Kier alpha value is -0.640. The van der Waals surface area contributed by atoms with Crippen LogP contribution in [0.25, 0.3) is 0 Å². The summed E-state index contributed by atoms with van der Waals surface area (Å²) in [5, 5.41) is 0. The predicted molar refractivity (Wildman–Crippen MR) is 216 cm³/mol. The minimum Gasteiger partial charge on any atom is -0.344 e. The summed E-state index contributed by atoms with van der Waals surface area (Å²) in [4.78, 5) is 2.36. The molecule has 2 rings (SSSR count). The predicted octanol–water partition coefficient (Wildman–Crippen LogP) is 14.4. The number of ether oxygens (including phenoxy) is 2. The summed E-state index contributed by atoms with van der Waals surface area (Å²) in [7, 11) is 4.43. The minimum absolute atomic E-state index is 0.305. The molecule has 2 aliphatic rings. The van der Waals surface area contributed by atoms with Crippen LogP contribution < -0.4 is 0 Å². The van der Waals surface area contributed by atoms with Crippen LogP contribution in [0.4, 0.5) is 0 Å². The van der Waals surface area contributed by atoms with Crippen LogP contribution in [0.2, 0.25) is 0 Å². The van der Waals surface area contributed by atoms with E-state index in [-0.39, 0.29) is 5.79 Å². The highest BCUT2D eigenvalue weighted by molar-refractivity contribution is 4.93. The van der Waals surface area contributed by atoms with E-state index in [0.29, 0.717) is 12.2 Å². The van der Waals surface area contributed by atoms with Crippen molar-refractivity contribution in [2.75, 3.05) is 20.6 Å². The molecule has 0 aromatic rings. The third-order valence-corrected chi connectivity index (χ3v) is 11.6. The molecular weight excluding hydrogens is 599 g/mol. The normalized spacial score (nSPS) is 24.0. The van der Waals surface area contributed by atoms with Gasteiger partial charge in [0.25, 0.3) is 0 Å². The van der Waals surface area contributed by atoms with Crippen molar-refractivity contribution in [2.24, 2.45) is 17.8 Å². The average Bonchev–Trinajstić information content (AvgIpc) is 3.43. The van der Waals surface area contributed by atoms with Crippen LogP contribution in [0.5, 0.6) is 0 Å². The molecule has 0 bridgehead atoms. The molecule has 2 fully saturated rings. The summed E-state index contributed by atoms with van der Waals surface area (Å²) >= 11 is 0. The molecule has 6 unspecified atom stereocenters. The van der Waals surface area contributed by atoms with Crippen molar-refractivity contribution in [1.29, 1.82) is 0 Å². The summed E-state index contributed by atoms with van der Waals surface area (Å²) in [6.07, 6.45) is 48.3. The Morgan fingerprint density at radius 3 is 1.67 bits per heavy atom. The van der Waals surface area contributed by atoms with E-state index in [9.17, 15) is 0 Å². The van der Waals surface area contributed by atoms with Gasteiger partial charge >= 0.3 is 0 Å². The van der Waals surface area contributed by atoms with Crippen molar-refractivity contribution in [3.8, 4) is 0 Å². The number of fused-ring (bicyclic) bond motifs is 1. The molecule has 3 nitrogen and oxygen atoms in total. The molecule has 288 valence electrons. The van der Waals surface area contributed by atoms with Gasteiger partial charge in [0, 0.05) is 19.4 Å². The Kier molecular flexibility index (Phi) is 26.2. The van der Waals surface area contributed by atoms with Crippen LogP contribution >= 0.6 is 0 Å². The second-order valence-electron chi connectivity index (χ2n) is 17.1. The number of hydrogen-bond acceptors (Lipinski definition) is 3. The van der Waals surface area contributed by atoms with Gasteiger partial charge in [-0.25, -0.2) is 0 Å². The molecule has 1 saturated heterocycles. The third kappa shape index (κ3) is 22.1. The molecule has 1 aliphatic carbocycles. The standard InChI is InChI=1S/C46H87NO2/c1-7-9-11-12-13-14-15-16-17-18-19-20-21-23-26-30-36-46(48-44-35-34-43(40-47(5)6)39-45(44)49-46)37-31-27-24-22-25-29-33-42(4)38-41(3)32-28-10-8-2/h13-14,16-17,41-45H,7-12,15,18-40H2,1-6H3/b14-13-,17-16-. The van der Waals surface area contributed by atoms with E-state index in [0.717, 1.165) is 37.0 Å². The number of nitrogens with zero attached hydrogens (tertiary/aromatic N) is 1. The number of allylic oxidation sites excluding steroid dienone is 4. The fourth-order valence-electron chi connectivity index (χ4n) is 8.71. The van der Waals surface area contributed by atoms with Gasteiger partial charge in [-0.2, -0.15) is 0 Å². The highest BCUT2D eigenvalue weighted by Crippen LogP contribution is 2.44. The molecule has 3 heteroatoms. The molecule has 0 amide bonds. The maximum absolute atomic E-state index is 6.97. The van der Waals surface area contributed by atoms with Gasteiger partial charge in [-0.05, 0) is 102 Å². The molecular formula is C46H87NO2. The second kappa shape index (κ2) is 28.9. The highest BCUT2D eigenvalue weighted by Gasteiger charge is 2.48. The third-order valence-electron chi connectivity index (χ3n) is 11.6. The van der Waals surface area contributed by atoms with Gasteiger partial charge in [-0.15, -0.1) is 0 Å². The van der Waals surface area contributed by atoms with Gasteiger partial charge in [0.05, 0.1) is 12.2 Å². The number of rotatable bonds is 32. The van der Waals surface area contributed by atoms with Crippen LogP contribution in [-0.2, 0) is 9.47 Å². The Morgan fingerprint density at radius 2 is 1.08 bits per heavy atom. The summed E-state index contributed by atoms with van der Waals surface area (Å²) in [5.41, 5.74) is 0. The molecule has 0 radical (unpaired) electrons. The molecule has 6 atom stereocenters. The number of unbranched alkanes of at least 4 members (excludes halogenated alkanes) is 16. The van der Waals surface area contributed by atoms with Gasteiger partial charge in [-0.1, -0.05) is 155 Å². The molecule has 1 aliphatic heterocycles. The zero-order valence-corrected chi connectivity index (χ0v) is 34.2. The Balaban J connectivity index is 1.63. The monoisotopic (exact) mass is 686 g/mol. The van der Waals surface area contributed by atoms with E-state index in [2.05, 4.69) is 71.0 Å². The zero-order chi connectivity index (χ0) is 35.4. The van der Waals surface area contributed by atoms with E-state index in [1.165, 1.54) is 173 Å². The van der Waals surface area contributed by atoms with Crippen LogP contribution in [0.1, 0.15) is 214 Å². The second-order valence-corrected chi connectivity index (χ2v) is 17.1. The van der Waals surface area contributed by atoms with Crippen molar-refractivity contribution in [3.63, 3.8) is 0 Å². The van der Waals surface area contributed by atoms with Crippen molar-refractivity contribution in [2.45, 2.75) is 232 Å². The summed E-state index contributed by atoms with van der Waals surface area (Å²) in [5.74, 6) is 2.26. The van der Waals surface area contributed by atoms with Crippen LogP contribution in [0.15, 0.2) is 24.3 Å². The highest BCUT2D eigenvalue weighted by atomic mass is 16.8. The van der Waals surface area contributed by atoms with E-state index in [1.807, 2.05) is 0 Å². The van der Waals surface area contributed by atoms with E-state index >= 15 is 0 Å². The lowest BCUT2D eigenvalue weighted by Gasteiger charge is -2.31. The Morgan fingerprint density at radius 1 is 0.592 bits per heavy atom. The molecule has 1 saturated carbocycles. The largest absolute Gasteiger partial charge is 0.344 e. The Labute approximate surface area is 308 Å². The molecule has 0 aromatic carbocycles. The van der Waals surface area contributed by atoms with E-state index < -0.39 is 0 Å². The van der Waals surface area contributed by atoms with Gasteiger partial charge in [0.2, 0.25) is 0 Å². The first-order valence-corrected chi connectivity index (χ1v) is 22.2. The first-order valence-electron chi connectivity index (χ1n) is 22.2. The lowest BCUT2D eigenvalue weighted by molar-refractivity contribution is -0.186. The topological polar surface area (TPSA) is 21.7 Å². The van der Waals surface area contributed by atoms with E-state index in [4.69, 9.17) is 9.47 Å². The molecule has 0 spiro atoms. The van der Waals surface area contributed by atoms with Crippen LogP contribution in [-0.4, -0.2) is 43.5 Å². The van der Waals surface area contributed by atoms with Crippen molar-refractivity contribution < 1.29 is 9.47 Å². The van der Waals surface area contributed by atoms with Gasteiger partial charge in [0.15, 0.2) is 5.79 Å². The van der Waals surface area contributed by atoms with E-state index in [1.54, 1.807) is 0 Å². The first-order chi connectivity index (χ1) is 23.9. The lowest BCUT2D eigenvalue weighted by atomic mass is 9.85. The summed E-state index contributed by atoms with van der Waals surface area (Å²) in [6, 6.07) is 0. The SMILES string of the molecule is CCCCC/C=C\C/C=C\CCCCCCCCC1(CCCCCCCCC(C)CC(C)CCCCC)OC2CCC(CN(C)C)CC2O1. The van der Waals surface area contributed by atoms with Crippen molar-refractivity contribution in [3.05, 3.63) is 24.3 Å². The molecule has 0 aromatic heterocycles. The van der Waals surface area contributed by atoms with Crippen LogP contribution in [0, 0.1) is 17.8 Å². The molecule has 0 N–H and O–H groups in total.